The number of aromatic nitrogens is 1. The minimum atomic E-state index is -0.311. The summed E-state index contributed by atoms with van der Waals surface area (Å²) in [6.45, 7) is 6.77. The molecule has 19 heavy (non-hydrogen) atoms. The predicted octanol–water partition coefficient (Wildman–Crippen LogP) is 2.73. The summed E-state index contributed by atoms with van der Waals surface area (Å²) in [6, 6.07) is 3.63. The van der Waals surface area contributed by atoms with Crippen LogP contribution in [0.1, 0.15) is 44.8 Å². The van der Waals surface area contributed by atoms with Crippen molar-refractivity contribution >= 4 is 0 Å². The number of rotatable bonds is 4. The van der Waals surface area contributed by atoms with Gasteiger partial charge in [-0.2, -0.15) is 0 Å². The van der Waals surface area contributed by atoms with Crippen molar-refractivity contribution in [1.82, 2.24) is 9.88 Å². The Morgan fingerprint density at radius 2 is 2.26 bits per heavy atom. The van der Waals surface area contributed by atoms with Crippen molar-refractivity contribution in [3.63, 3.8) is 0 Å². The predicted molar refractivity (Wildman–Crippen MR) is 75.2 cm³/mol. The fraction of sp³-hybridized carbons (Fsp3) is 0.667. The van der Waals surface area contributed by atoms with Crippen molar-refractivity contribution in [2.24, 2.45) is 11.7 Å². The molecule has 2 rings (SSSR count). The molecule has 3 nitrogen and oxygen atoms in total. The van der Waals surface area contributed by atoms with Gasteiger partial charge in [-0.25, -0.2) is 4.39 Å². The first kappa shape index (κ1) is 14.4. The van der Waals surface area contributed by atoms with Gasteiger partial charge >= 0.3 is 0 Å². The Morgan fingerprint density at radius 1 is 1.47 bits per heavy atom. The van der Waals surface area contributed by atoms with E-state index in [0.29, 0.717) is 6.04 Å². The van der Waals surface area contributed by atoms with E-state index in [2.05, 4.69) is 23.7 Å². The standard InChI is InChI=1S/C15H24FN3/c1-11-4-3-8-19(12(11)2)9-7-14(17)15-6-5-13(16)10-18-15/h5-6,10-12,14H,3-4,7-9,17H2,1-2H3. The first-order chi connectivity index (χ1) is 9.08. The summed E-state index contributed by atoms with van der Waals surface area (Å²) in [5.41, 5.74) is 6.91. The minimum Gasteiger partial charge on any atom is -0.323 e. The number of hydrogen-bond acceptors (Lipinski definition) is 3. The van der Waals surface area contributed by atoms with Crippen LogP contribution in [0.3, 0.4) is 0 Å². The van der Waals surface area contributed by atoms with Gasteiger partial charge in [0, 0.05) is 18.6 Å². The van der Waals surface area contributed by atoms with E-state index in [1.165, 1.54) is 25.1 Å². The van der Waals surface area contributed by atoms with Gasteiger partial charge in [0.1, 0.15) is 5.82 Å². The molecule has 0 amide bonds. The molecule has 4 heteroatoms. The van der Waals surface area contributed by atoms with Crippen LogP contribution < -0.4 is 5.73 Å². The van der Waals surface area contributed by atoms with Crippen molar-refractivity contribution in [1.29, 1.82) is 0 Å². The highest BCUT2D eigenvalue weighted by Gasteiger charge is 2.24. The van der Waals surface area contributed by atoms with Gasteiger partial charge in [0.25, 0.3) is 0 Å². The largest absolute Gasteiger partial charge is 0.323 e. The molecular weight excluding hydrogens is 241 g/mol. The van der Waals surface area contributed by atoms with Crippen LogP contribution in [0, 0.1) is 11.7 Å². The first-order valence-corrected chi connectivity index (χ1v) is 7.19. The highest BCUT2D eigenvalue weighted by molar-refractivity contribution is 5.09. The third-order valence-electron chi connectivity index (χ3n) is 4.36. The molecule has 106 valence electrons. The SMILES string of the molecule is CC1CCCN(CCC(N)c2ccc(F)cn2)C1C. The summed E-state index contributed by atoms with van der Waals surface area (Å²) in [6.07, 6.45) is 4.70. The number of piperidine rings is 1. The van der Waals surface area contributed by atoms with Crippen LogP contribution in [0.15, 0.2) is 18.3 Å². The Morgan fingerprint density at radius 3 is 2.95 bits per heavy atom. The molecule has 1 aromatic heterocycles. The van der Waals surface area contributed by atoms with Gasteiger partial charge in [-0.15, -0.1) is 0 Å². The van der Waals surface area contributed by atoms with E-state index in [4.69, 9.17) is 5.73 Å². The van der Waals surface area contributed by atoms with Crippen molar-refractivity contribution in [3.05, 3.63) is 29.8 Å². The second-order valence-electron chi connectivity index (χ2n) is 5.69. The van der Waals surface area contributed by atoms with Crippen LogP contribution >= 0.6 is 0 Å². The molecule has 1 saturated heterocycles. The quantitative estimate of drug-likeness (QED) is 0.910. The fourth-order valence-electron chi connectivity index (χ4n) is 2.80. The summed E-state index contributed by atoms with van der Waals surface area (Å²) < 4.78 is 12.8. The molecule has 1 aromatic rings. The van der Waals surface area contributed by atoms with E-state index >= 15 is 0 Å². The molecule has 1 fully saturated rings. The second-order valence-corrected chi connectivity index (χ2v) is 5.69. The molecule has 1 aliphatic rings. The third kappa shape index (κ3) is 3.74. The molecule has 2 N–H and O–H groups in total. The van der Waals surface area contributed by atoms with Crippen LogP contribution in [0.5, 0.6) is 0 Å². The second kappa shape index (κ2) is 6.44. The van der Waals surface area contributed by atoms with Crippen molar-refractivity contribution in [3.8, 4) is 0 Å². The zero-order valence-electron chi connectivity index (χ0n) is 11.8. The summed E-state index contributed by atoms with van der Waals surface area (Å²) in [5, 5.41) is 0. The number of nitrogens with two attached hydrogens (primary N) is 1. The van der Waals surface area contributed by atoms with Crippen LogP contribution in [-0.4, -0.2) is 29.0 Å². The van der Waals surface area contributed by atoms with Gasteiger partial charge in [-0.05, 0) is 50.8 Å². The molecule has 0 aromatic carbocycles. The van der Waals surface area contributed by atoms with E-state index in [0.717, 1.165) is 31.1 Å². The molecular formula is C15H24FN3. The molecule has 0 saturated carbocycles. The Balaban J connectivity index is 1.86. The first-order valence-electron chi connectivity index (χ1n) is 7.19. The number of likely N-dealkylation sites (tertiary alicyclic amines) is 1. The van der Waals surface area contributed by atoms with Crippen LogP contribution in [0.2, 0.25) is 0 Å². The molecule has 0 aliphatic carbocycles. The fourth-order valence-corrected chi connectivity index (χ4v) is 2.80. The zero-order chi connectivity index (χ0) is 13.8. The molecule has 0 radical (unpaired) electrons. The Bertz CT molecular complexity index is 393. The number of nitrogens with zero attached hydrogens (tertiary/aromatic N) is 2. The monoisotopic (exact) mass is 265 g/mol. The number of pyridine rings is 1. The summed E-state index contributed by atoms with van der Waals surface area (Å²) >= 11 is 0. The molecule has 2 heterocycles. The molecule has 3 atom stereocenters. The van der Waals surface area contributed by atoms with Crippen LogP contribution in [0.25, 0.3) is 0 Å². The van der Waals surface area contributed by atoms with Crippen molar-refractivity contribution in [2.75, 3.05) is 13.1 Å². The average molecular weight is 265 g/mol. The van der Waals surface area contributed by atoms with Crippen LogP contribution in [-0.2, 0) is 0 Å². The molecule has 3 unspecified atom stereocenters. The lowest BCUT2D eigenvalue weighted by molar-refractivity contribution is 0.110. The van der Waals surface area contributed by atoms with E-state index in [9.17, 15) is 4.39 Å². The Labute approximate surface area is 115 Å². The smallest absolute Gasteiger partial charge is 0.141 e. The topological polar surface area (TPSA) is 42.1 Å². The molecule has 0 spiro atoms. The lowest BCUT2D eigenvalue weighted by Crippen LogP contribution is -2.43. The lowest BCUT2D eigenvalue weighted by Gasteiger charge is -2.38. The van der Waals surface area contributed by atoms with Crippen molar-refractivity contribution in [2.45, 2.75) is 45.2 Å². The van der Waals surface area contributed by atoms with Gasteiger partial charge in [0.15, 0.2) is 0 Å². The third-order valence-corrected chi connectivity index (χ3v) is 4.36. The highest BCUT2D eigenvalue weighted by atomic mass is 19.1. The van der Waals surface area contributed by atoms with Crippen molar-refractivity contribution < 1.29 is 4.39 Å². The molecule has 0 bridgehead atoms. The average Bonchev–Trinajstić information content (AvgIpc) is 2.41. The lowest BCUT2D eigenvalue weighted by atomic mass is 9.92. The summed E-state index contributed by atoms with van der Waals surface area (Å²) in [7, 11) is 0. The Kier molecular flexibility index (Phi) is 4.88. The molecule has 1 aliphatic heterocycles. The maximum absolute atomic E-state index is 12.8. The minimum absolute atomic E-state index is 0.106. The van der Waals surface area contributed by atoms with Gasteiger partial charge in [-0.3, -0.25) is 4.98 Å². The van der Waals surface area contributed by atoms with E-state index in [-0.39, 0.29) is 11.9 Å². The highest BCUT2D eigenvalue weighted by Crippen LogP contribution is 2.24. The maximum atomic E-state index is 12.8. The van der Waals surface area contributed by atoms with E-state index in [1.807, 2.05) is 0 Å². The number of hydrogen-bond donors (Lipinski definition) is 1. The van der Waals surface area contributed by atoms with Gasteiger partial charge in [0.2, 0.25) is 0 Å². The van der Waals surface area contributed by atoms with Crippen LogP contribution in [0.4, 0.5) is 4.39 Å². The summed E-state index contributed by atoms with van der Waals surface area (Å²) in [5.74, 6) is 0.448. The van der Waals surface area contributed by atoms with Gasteiger partial charge in [0.05, 0.1) is 11.9 Å². The summed E-state index contributed by atoms with van der Waals surface area (Å²) in [4.78, 5) is 6.57. The Hall–Kier alpha value is -1.00. The van der Waals surface area contributed by atoms with E-state index in [1.54, 1.807) is 6.07 Å². The zero-order valence-corrected chi connectivity index (χ0v) is 11.8. The maximum Gasteiger partial charge on any atom is 0.141 e. The number of halogens is 1. The van der Waals surface area contributed by atoms with Gasteiger partial charge in [-0.1, -0.05) is 6.92 Å². The van der Waals surface area contributed by atoms with E-state index < -0.39 is 0 Å². The van der Waals surface area contributed by atoms with Gasteiger partial charge < -0.3 is 10.6 Å². The normalized spacial score (nSPS) is 26.3.